The van der Waals surface area contributed by atoms with Crippen LogP contribution in [-0.4, -0.2) is 21.6 Å². The number of anilines is 1. The summed E-state index contributed by atoms with van der Waals surface area (Å²) in [6, 6.07) is 16.5. The number of aryl methyl sites for hydroxylation is 2. The number of hydrogen-bond donors (Lipinski definition) is 2. The van der Waals surface area contributed by atoms with E-state index in [-0.39, 0.29) is 17.3 Å². The summed E-state index contributed by atoms with van der Waals surface area (Å²) in [5.74, 6) is -1.84. The van der Waals surface area contributed by atoms with Crippen molar-refractivity contribution in [2.24, 2.45) is 0 Å². The summed E-state index contributed by atoms with van der Waals surface area (Å²) in [5, 5.41) is 11.4. The highest BCUT2D eigenvalue weighted by atomic mass is 19.4. The molecule has 1 atom stereocenters. The van der Waals surface area contributed by atoms with E-state index >= 15 is 0 Å². The molecule has 0 fully saturated rings. The van der Waals surface area contributed by atoms with Crippen molar-refractivity contribution in [2.75, 3.05) is 5.32 Å². The van der Waals surface area contributed by atoms with E-state index in [1.807, 2.05) is 42.7 Å². The molecule has 0 saturated heterocycles. The largest absolute Gasteiger partial charge is 0.481 e. The van der Waals surface area contributed by atoms with Gasteiger partial charge >= 0.3 is 12.1 Å². The summed E-state index contributed by atoms with van der Waals surface area (Å²) >= 11 is 0. The minimum absolute atomic E-state index is 0.0297. The molecule has 0 bridgehead atoms. The number of amides is 1. The van der Waals surface area contributed by atoms with Gasteiger partial charge in [0.1, 0.15) is 5.69 Å². The minimum atomic E-state index is -4.70. The molecule has 8 heteroatoms. The lowest BCUT2D eigenvalue weighted by atomic mass is 10.1. The van der Waals surface area contributed by atoms with E-state index in [1.165, 1.54) is 5.56 Å². The lowest BCUT2D eigenvalue weighted by molar-refractivity contribution is -0.137. The average Bonchev–Trinajstić information content (AvgIpc) is 3.22. The lowest BCUT2D eigenvalue weighted by Gasteiger charge is -2.20. The number of aliphatic carboxylic acids is 1. The van der Waals surface area contributed by atoms with Gasteiger partial charge in [-0.25, -0.2) is 0 Å². The zero-order valence-electron chi connectivity index (χ0n) is 19.7. The van der Waals surface area contributed by atoms with Gasteiger partial charge in [-0.05, 0) is 68.0 Å². The van der Waals surface area contributed by atoms with Gasteiger partial charge in [-0.2, -0.15) is 13.2 Å². The number of alkyl halides is 3. The van der Waals surface area contributed by atoms with Crippen molar-refractivity contribution >= 4 is 17.6 Å². The summed E-state index contributed by atoms with van der Waals surface area (Å²) in [6.45, 7) is 3.95. The van der Waals surface area contributed by atoms with Gasteiger partial charge in [0.05, 0.1) is 17.7 Å². The Morgan fingerprint density at radius 3 is 2.34 bits per heavy atom. The number of nitrogens with zero attached hydrogens (tertiary/aromatic N) is 1. The number of rotatable bonds is 10. The third kappa shape index (κ3) is 6.74. The highest BCUT2D eigenvalue weighted by Gasteiger charge is 2.34. The van der Waals surface area contributed by atoms with Crippen molar-refractivity contribution in [3.05, 3.63) is 88.7 Å². The second-order valence-electron chi connectivity index (χ2n) is 8.58. The Morgan fingerprint density at radius 2 is 1.71 bits per heavy atom. The Kier molecular flexibility index (Phi) is 8.38. The van der Waals surface area contributed by atoms with Crippen LogP contribution in [0.25, 0.3) is 0 Å². The summed E-state index contributed by atoms with van der Waals surface area (Å²) in [4.78, 5) is 24.2. The molecule has 2 aromatic carbocycles. The van der Waals surface area contributed by atoms with Crippen LogP contribution in [0.4, 0.5) is 18.9 Å². The first-order valence-corrected chi connectivity index (χ1v) is 11.6. The van der Waals surface area contributed by atoms with E-state index < -0.39 is 35.7 Å². The summed E-state index contributed by atoms with van der Waals surface area (Å²) in [5.41, 5.74) is 1.11. The molecule has 1 aromatic heterocycles. The molecule has 3 rings (SSSR count). The molecule has 0 aliphatic carbocycles. The first-order chi connectivity index (χ1) is 16.6. The Balaban J connectivity index is 1.86. The molecule has 35 heavy (non-hydrogen) atoms. The van der Waals surface area contributed by atoms with E-state index in [4.69, 9.17) is 5.11 Å². The van der Waals surface area contributed by atoms with Crippen LogP contribution >= 0.6 is 0 Å². The molecule has 0 aliphatic heterocycles. The van der Waals surface area contributed by atoms with Crippen molar-refractivity contribution in [1.82, 2.24) is 4.57 Å². The molecule has 0 saturated carbocycles. The molecule has 5 nitrogen and oxygen atoms in total. The van der Waals surface area contributed by atoms with Crippen LogP contribution in [0.5, 0.6) is 0 Å². The fourth-order valence-electron chi connectivity index (χ4n) is 4.11. The van der Waals surface area contributed by atoms with Crippen LogP contribution in [0.1, 0.15) is 65.6 Å². The van der Waals surface area contributed by atoms with Gasteiger partial charge in [0.25, 0.3) is 5.91 Å². The monoisotopic (exact) mass is 486 g/mol. The normalized spacial score (nSPS) is 12.4. The van der Waals surface area contributed by atoms with E-state index in [0.29, 0.717) is 6.42 Å². The highest BCUT2D eigenvalue weighted by molar-refractivity contribution is 6.04. The fourth-order valence-corrected chi connectivity index (χ4v) is 4.11. The van der Waals surface area contributed by atoms with Crippen LogP contribution in [-0.2, 0) is 30.2 Å². The Bertz CT molecular complexity index is 1170. The number of nitrogens with one attached hydrogen (secondary N) is 1. The van der Waals surface area contributed by atoms with Crippen molar-refractivity contribution < 1.29 is 27.9 Å². The number of carbonyl (C=O) groups is 2. The maximum absolute atomic E-state index is 13.6. The lowest BCUT2D eigenvalue weighted by Crippen LogP contribution is -2.22. The molecule has 3 aromatic rings. The van der Waals surface area contributed by atoms with Gasteiger partial charge in [-0.3, -0.25) is 9.59 Å². The average molecular weight is 487 g/mol. The highest BCUT2D eigenvalue weighted by Crippen LogP contribution is 2.36. The van der Waals surface area contributed by atoms with Crippen molar-refractivity contribution in [2.45, 2.75) is 58.2 Å². The van der Waals surface area contributed by atoms with Gasteiger partial charge in [-0.15, -0.1) is 0 Å². The number of halogens is 3. The van der Waals surface area contributed by atoms with Gasteiger partial charge in [0.2, 0.25) is 0 Å². The standard InChI is InChI=1S/C27H29F3N2O3/c1-3-18(2)32-21(11-7-10-19-8-5-4-6-9-19)13-15-24(32)26(35)31-23-16-20(17-25(33)34)12-14-22(23)27(28,29)30/h4-6,8-9,12-16,18H,3,7,10-11,17H2,1-2H3,(H,31,35)(H,33,34)/t18-/m0/s1. The predicted molar refractivity (Wildman–Crippen MR) is 129 cm³/mol. The van der Waals surface area contributed by atoms with Gasteiger partial charge < -0.3 is 15.0 Å². The molecule has 1 amide bonds. The Hall–Kier alpha value is -3.55. The molecule has 0 aliphatic rings. The first kappa shape index (κ1) is 26.1. The summed E-state index contributed by atoms with van der Waals surface area (Å²) in [6.07, 6.45) is -1.96. The Morgan fingerprint density at radius 1 is 1.00 bits per heavy atom. The molecule has 0 unspecified atom stereocenters. The number of benzene rings is 2. The van der Waals surface area contributed by atoms with Crippen LogP contribution in [0.2, 0.25) is 0 Å². The molecular weight excluding hydrogens is 457 g/mol. The van der Waals surface area contributed by atoms with Gasteiger partial charge in [-0.1, -0.05) is 43.3 Å². The summed E-state index contributed by atoms with van der Waals surface area (Å²) < 4.78 is 42.6. The van der Waals surface area contributed by atoms with E-state index in [0.717, 1.165) is 43.2 Å². The quantitative estimate of drug-likeness (QED) is 0.342. The predicted octanol–water partition coefficient (Wildman–Crippen LogP) is 6.53. The summed E-state index contributed by atoms with van der Waals surface area (Å²) in [7, 11) is 0. The molecule has 2 N–H and O–H groups in total. The molecular formula is C27H29F3N2O3. The number of aromatic nitrogens is 1. The third-order valence-electron chi connectivity index (χ3n) is 6.00. The molecule has 186 valence electrons. The van der Waals surface area contributed by atoms with Crippen LogP contribution in [0, 0.1) is 0 Å². The topological polar surface area (TPSA) is 71.3 Å². The molecule has 1 heterocycles. The maximum Gasteiger partial charge on any atom is 0.418 e. The number of carboxylic acids is 1. The van der Waals surface area contributed by atoms with Crippen molar-refractivity contribution in [1.29, 1.82) is 0 Å². The van der Waals surface area contributed by atoms with E-state index in [1.54, 1.807) is 6.07 Å². The van der Waals surface area contributed by atoms with Crippen LogP contribution < -0.4 is 5.32 Å². The van der Waals surface area contributed by atoms with Crippen LogP contribution in [0.3, 0.4) is 0 Å². The first-order valence-electron chi connectivity index (χ1n) is 11.6. The smallest absolute Gasteiger partial charge is 0.418 e. The van der Waals surface area contributed by atoms with Crippen molar-refractivity contribution in [3.63, 3.8) is 0 Å². The minimum Gasteiger partial charge on any atom is -0.481 e. The third-order valence-corrected chi connectivity index (χ3v) is 6.00. The molecule has 0 radical (unpaired) electrons. The fraction of sp³-hybridized carbons (Fsp3) is 0.333. The zero-order chi connectivity index (χ0) is 25.6. The second kappa shape index (κ2) is 11.3. The number of carboxylic acid groups (broad SMARTS) is 1. The Labute approximate surface area is 202 Å². The van der Waals surface area contributed by atoms with Crippen LogP contribution in [0.15, 0.2) is 60.7 Å². The maximum atomic E-state index is 13.6. The van der Waals surface area contributed by atoms with Gasteiger partial charge in [0.15, 0.2) is 0 Å². The van der Waals surface area contributed by atoms with E-state index in [9.17, 15) is 22.8 Å². The van der Waals surface area contributed by atoms with E-state index in [2.05, 4.69) is 17.4 Å². The number of hydrogen-bond acceptors (Lipinski definition) is 2. The molecule has 0 spiro atoms. The van der Waals surface area contributed by atoms with Gasteiger partial charge in [0, 0.05) is 11.7 Å². The zero-order valence-corrected chi connectivity index (χ0v) is 19.7. The SMILES string of the molecule is CC[C@H](C)n1c(CCCc2ccccc2)ccc1C(=O)Nc1cc(CC(=O)O)ccc1C(F)(F)F. The van der Waals surface area contributed by atoms with Crippen molar-refractivity contribution in [3.8, 4) is 0 Å². The number of carbonyl (C=O) groups excluding carboxylic acids is 1. The second-order valence-corrected chi connectivity index (χ2v) is 8.58.